The summed E-state index contributed by atoms with van der Waals surface area (Å²) < 4.78 is 0. The number of pyridine rings is 1. The molecule has 1 aromatic heterocycles. The van der Waals surface area contributed by atoms with Crippen molar-refractivity contribution in [3.05, 3.63) is 36.2 Å². The number of hydrogen-bond donors (Lipinski definition) is 1. The van der Waals surface area contributed by atoms with Crippen LogP contribution >= 0.6 is 0 Å². The maximum Gasteiger partial charge on any atom is 0.0615 e. The lowest BCUT2D eigenvalue weighted by Gasteiger charge is -1.87. The topological polar surface area (TPSA) is 33.1 Å². The fourth-order valence-corrected chi connectivity index (χ4v) is 0.663. The Balaban J connectivity index is 2.67. The third-order valence-electron chi connectivity index (χ3n) is 1.10. The molecule has 52 valence electrons. The van der Waals surface area contributed by atoms with Crippen molar-refractivity contribution in [2.45, 2.75) is 0 Å². The van der Waals surface area contributed by atoms with Gasteiger partial charge in [0.15, 0.2) is 0 Å². The summed E-state index contributed by atoms with van der Waals surface area (Å²) in [5.74, 6) is 0. The van der Waals surface area contributed by atoms with Crippen molar-refractivity contribution < 1.29 is 5.11 Å². The Kier molecular flexibility index (Phi) is 2.64. The normalized spacial score (nSPS) is 10.5. The first-order valence-corrected chi connectivity index (χ1v) is 3.11. The minimum atomic E-state index is 0.0783. The Morgan fingerprint density at radius 3 is 3.10 bits per heavy atom. The fraction of sp³-hybridized carbons (Fsp3) is 0.125. The number of aliphatic hydroxyl groups excluding tert-OH is 1. The summed E-state index contributed by atoms with van der Waals surface area (Å²) in [6.07, 6.45) is 6.96. The minimum Gasteiger partial charge on any atom is -0.392 e. The third-order valence-corrected chi connectivity index (χ3v) is 1.10. The number of aromatic nitrogens is 1. The smallest absolute Gasteiger partial charge is 0.0615 e. The summed E-state index contributed by atoms with van der Waals surface area (Å²) in [4.78, 5) is 3.90. The van der Waals surface area contributed by atoms with Crippen LogP contribution < -0.4 is 0 Å². The summed E-state index contributed by atoms with van der Waals surface area (Å²) in [7, 11) is 0. The van der Waals surface area contributed by atoms with Crippen molar-refractivity contribution in [1.82, 2.24) is 4.98 Å². The molecule has 0 atom stereocenters. The molecule has 0 saturated carbocycles. The maximum atomic E-state index is 8.42. The van der Waals surface area contributed by atoms with E-state index in [4.69, 9.17) is 5.11 Å². The van der Waals surface area contributed by atoms with Crippen LogP contribution in [0.4, 0.5) is 0 Å². The van der Waals surface area contributed by atoms with Gasteiger partial charge >= 0.3 is 0 Å². The molecule has 0 aliphatic rings. The van der Waals surface area contributed by atoms with Gasteiger partial charge in [-0.2, -0.15) is 0 Å². The van der Waals surface area contributed by atoms with Crippen LogP contribution in [-0.2, 0) is 0 Å². The van der Waals surface area contributed by atoms with Gasteiger partial charge < -0.3 is 5.11 Å². The van der Waals surface area contributed by atoms with Gasteiger partial charge in [0.25, 0.3) is 0 Å². The summed E-state index contributed by atoms with van der Waals surface area (Å²) in [6, 6.07) is 3.79. The summed E-state index contributed by atoms with van der Waals surface area (Å²) >= 11 is 0. The number of rotatable bonds is 2. The van der Waals surface area contributed by atoms with Crippen molar-refractivity contribution in [3.8, 4) is 0 Å². The van der Waals surface area contributed by atoms with Gasteiger partial charge in [0.2, 0.25) is 0 Å². The molecule has 0 fully saturated rings. The average Bonchev–Trinajstić information content (AvgIpc) is 2.03. The predicted molar refractivity (Wildman–Crippen MR) is 40.4 cm³/mol. The largest absolute Gasteiger partial charge is 0.392 e. The van der Waals surface area contributed by atoms with Crippen molar-refractivity contribution in [1.29, 1.82) is 0 Å². The molecule has 1 heterocycles. The molecule has 1 rings (SSSR count). The first-order valence-electron chi connectivity index (χ1n) is 3.11. The Labute approximate surface area is 59.9 Å². The molecular formula is C8H9NO. The molecule has 0 aliphatic carbocycles. The van der Waals surface area contributed by atoms with Crippen LogP contribution in [0.1, 0.15) is 5.56 Å². The lowest BCUT2D eigenvalue weighted by molar-refractivity contribution is 0.343. The maximum absolute atomic E-state index is 8.42. The van der Waals surface area contributed by atoms with E-state index in [1.807, 2.05) is 18.2 Å². The zero-order chi connectivity index (χ0) is 7.23. The highest BCUT2D eigenvalue weighted by Crippen LogP contribution is 1.96. The lowest BCUT2D eigenvalue weighted by atomic mass is 10.3. The van der Waals surface area contributed by atoms with Crippen molar-refractivity contribution in [2.24, 2.45) is 0 Å². The van der Waals surface area contributed by atoms with Gasteiger partial charge in [-0.25, -0.2) is 0 Å². The van der Waals surface area contributed by atoms with E-state index >= 15 is 0 Å². The number of hydrogen-bond acceptors (Lipinski definition) is 2. The van der Waals surface area contributed by atoms with Gasteiger partial charge in [-0.15, -0.1) is 0 Å². The fourth-order valence-electron chi connectivity index (χ4n) is 0.663. The van der Waals surface area contributed by atoms with Crippen molar-refractivity contribution in [2.75, 3.05) is 6.61 Å². The van der Waals surface area contributed by atoms with Crippen LogP contribution in [0.25, 0.3) is 6.08 Å². The van der Waals surface area contributed by atoms with Gasteiger partial charge in [-0.05, 0) is 11.6 Å². The van der Waals surface area contributed by atoms with Gasteiger partial charge in [0.1, 0.15) is 0 Å². The Bertz CT molecular complexity index is 206. The highest BCUT2D eigenvalue weighted by atomic mass is 16.2. The van der Waals surface area contributed by atoms with Gasteiger partial charge in [-0.1, -0.05) is 18.2 Å². The highest BCUT2D eigenvalue weighted by Gasteiger charge is 1.80. The second kappa shape index (κ2) is 3.80. The third kappa shape index (κ3) is 1.99. The first kappa shape index (κ1) is 6.96. The predicted octanol–water partition coefficient (Wildman–Crippen LogP) is 1.09. The molecule has 0 bridgehead atoms. The SMILES string of the molecule is OCC=Cc1cccnc1. The molecule has 0 unspecified atom stereocenters. The van der Waals surface area contributed by atoms with Crippen LogP contribution in [0.15, 0.2) is 30.6 Å². The van der Waals surface area contributed by atoms with E-state index in [9.17, 15) is 0 Å². The van der Waals surface area contributed by atoms with Crippen LogP contribution in [0.2, 0.25) is 0 Å². The Morgan fingerprint density at radius 1 is 1.60 bits per heavy atom. The van der Waals surface area contributed by atoms with Gasteiger partial charge in [0, 0.05) is 12.4 Å². The molecular weight excluding hydrogens is 126 g/mol. The Hall–Kier alpha value is -1.15. The summed E-state index contributed by atoms with van der Waals surface area (Å²) in [5.41, 5.74) is 1.01. The molecule has 0 aromatic carbocycles. The van der Waals surface area contributed by atoms with Gasteiger partial charge in [-0.3, -0.25) is 4.98 Å². The standard InChI is InChI=1S/C8H9NO/c10-6-2-4-8-3-1-5-9-7-8/h1-5,7,10H,6H2. The quantitative estimate of drug-likeness (QED) is 0.658. The molecule has 1 aromatic rings. The van der Waals surface area contributed by atoms with Crippen LogP contribution in [0.5, 0.6) is 0 Å². The minimum absolute atomic E-state index is 0.0783. The van der Waals surface area contributed by atoms with E-state index in [0.29, 0.717) is 0 Å². The van der Waals surface area contributed by atoms with E-state index in [2.05, 4.69) is 4.98 Å². The van der Waals surface area contributed by atoms with Gasteiger partial charge in [0.05, 0.1) is 6.61 Å². The molecule has 0 aliphatic heterocycles. The zero-order valence-electron chi connectivity index (χ0n) is 5.57. The average molecular weight is 135 g/mol. The molecule has 0 radical (unpaired) electrons. The van der Waals surface area contributed by atoms with E-state index in [1.165, 1.54) is 0 Å². The Morgan fingerprint density at radius 2 is 2.50 bits per heavy atom. The number of aliphatic hydroxyl groups is 1. The molecule has 0 spiro atoms. The molecule has 2 nitrogen and oxygen atoms in total. The van der Waals surface area contributed by atoms with Crippen molar-refractivity contribution in [3.63, 3.8) is 0 Å². The molecule has 2 heteroatoms. The van der Waals surface area contributed by atoms with E-state index < -0.39 is 0 Å². The highest BCUT2D eigenvalue weighted by molar-refractivity contribution is 5.47. The number of nitrogens with zero attached hydrogens (tertiary/aromatic N) is 1. The van der Waals surface area contributed by atoms with E-state index in [0.717, 1.165) is 5.56 Å². The molecule has 1 N–H and O–H groups in total. The molecule has 0 amide bonds. The van der Waals surface area contributed by atoms with E-state index in [-0.39, 0.29) is 6.61 Å². The van der Waals surface area contributed by atoms with Crippen LogP contribution in [0.3, 0.4) is 0 Å². The monoisotopic (exact) mass is 135 g/mol. The van der Waals surface area contributed by atoms with Crippen molar-refractivity contribution >= 4 is 6.08 Å². The zero-order valence-corrected chi connectivity index (χ0v) is 5.57. The molecule has 10 heavy (non-hydrogen) atoms. The summed E-state index contributed by atoms with van der Waals surface area (Å²) in [5, 5.41) is 8.42. The summed E-state index contributed by atoms with van der Waals surface area (Å²) in [6.45, 7) is 0.0783. The molecule has 0 saturated heterocycles. The second-order valence-electron chi connectivity index (χ2n) is 1.87. The van der Waals surface area contributed by atoms with E-state index in [1.54, 1.807) is 18.5 Å². The van der Waals surface area contributed by atoms with Crippen LogP contribution in [-0.4, -0.2) is 16.7 Å². The second-order valence-corrected chi connectivity index (χ2v) is 1.87. The first-order chi connectivity index (χ1) is 4.93. The lowest BCUT2D eigenvalue weighted by Crippen LogP contribution is -1.75. The van der Waals surface area contributed by atoms with Crippen LogP contribution in [0, 0.1) is 0 Å².